The van der Waals surface area contributed by atoms with Crippen molar-refractivity contribution in [2.45, 2.75) is 39.0 Å². The monoisotopic (exact) mass is 247 g/mol. The largest absolute Gasteiger partial charge is 0.315 e. The first kappa shape index (κ1) is 14.0. The molecule has 0 aromatic rings. The van der Waals surface area contributed by atoms with Crippen LogP contribution in [0.2, 0.25) is 0 Å². The van der Waals surface area contributed by atoms with Gasteiger partial charge in [0.15, 0.2) is 0 Å². The lowest BCUT2D eigenvalue weighted by Crippen LogP contribution is -2.29. The topological polar surface area (TPSA) is 46.2 Å². The Hall–Kier alpha value is -0.0900. The summed E-state index contributed by atoms with van der Waals surface area (Å²) in [6.45, 7) is 3.87. The average molecular weight is 247 g/mol. The second kappa shape index (κ2) is 6.60. The minimum absolute atomic E-state index is 0.261. The molecule has 4 heteroatoms. The van der Waals surface area contributed by atoms with Crippen LogP contribution in [0.3, 0.4) is 0 Å². The van der Waals surface area contributed by atoms with Crippen molar-refractivity contribution in [2.75, 3.05) is 25.1 Å². The predicted octanol–water partition coefficient (Wildman–Crippen LogP) is 1.84. The van der Waals surface area contributed by atoms with E-state index in [-0.39, 0.29) is 5.75 Å². The zero-order chi connectivity index (χ0) is 12.0. The first-order valence-corrected chi connectivity index (χ1v) is 8.45. The third kappa shape index (κ3) is 5.85. The van der Waals surface area contributed by atoms with E-state index in [1.807, 2.05) is 0 Å². The van der Waals surface area contributed by atoms with Crippen LogP contribution in [0, 0.1) is 11.8 Å². The Kier molecular flexibility index (Phi) is 5.76. The van der Waals surface area contributed by atoms with Crippen molar-refractivity contribution in [2.24, 2.45) is 11.8 Å². The minimum atomic E-state index is -2.80. The predicted molar refractivity (Wildman–Crippen MR) is 68.3 cm³/mol. The average Bonchev–Trinajstić information content (AvgIpc) is 2.24. The molecule has 1 aliphatic rings. The van der Waals surface area contributed by atoms with Crippen molar-refractivity contribution >= 4 is 9.84 Å². The summed E-state index contributed by atoms with van der Waals surface area (Å²) in [4.78, 5) is 0. The highest BCUT2D eigenvalue weighted by atomic mass is 32.2. The summed E-state index contributed by atoms with van der Waals surface area (Å²) in [5.41, 5.74) is 0. The van der Waals surface area contributed by atoms with Gasteiger partial charge in [-0.15, -0.1) is 0 Å². The molecule has 1 aliphatic carbocycles. The van der Waals surface area contributed by atoms with Gasteiger partial charge < -0.3 is 5.32 Å². The molecule has 0 unspecified atom stereocenters. The van der Waals surface area contributed by atoms with Crippen LogP contribution in [0.5, 0.6) is 0 Å². The molecule has 1 rings (SSSR count). The third-order valence-electron chi connectivity index (χ3n) is 3.63. The molecule has 0 atom stereocenters. The van der Waals surface area contributed by atoms with Crippen LogP contribution >= 0.6 is 0 Å². The highest BCUT2D eigenvalue weighted by molar-refractivity contribution is 7.90. The molecule has 1 N–H and O–H groups in total. The van der Waals surface area contributed by atoms with E-state index >= 15 is 0 Å². The van der Waals surface area contributed by atoms with Gasteiger partial charge in [0.05, 0.1) is 5.75 Å². The van der Waals surface area contributed by atoms with E-state index in [4.69, 9.17) is 0 Å². The van der Waals surface area contributed by atoms with Gasteiger partial charge in [-0.1, -0.05) is 26.2 Å². The van der Waals surface area contributed by atoms with Gasteiger partial charge in [0.25, 0.3) is 0 Å². The van der Waals surface area contributed by atoms with Crippen LogP contribution in [0.15, 0.2) is 0 Å². The quantitative estimate of drug-likeness (QED) is 0.729. The van der Waals surface area contributed by atoms with Gasteiger partial charge in [0, 0.05) is 12.8 Å². The van der Waals surface area contributed by atoms with E-state index < -0.39 is 9.84 Å². The fourth-order valence-electron chi connectivity index (χ4n) is 2.41. The standard InChI is InChI=1S/C12H25NO2S/c1-3-11-4-6-12(7-5-11)10-13-8-9-16(2,14)15/h11-13H,3-10H2,1-2H3. The van der Waals surface area contributed by atoms with Gasteiger partial charge in [0.1, 0.15) is 9.84 Å². The lowest BCUT2D eigenvalue weighted by Gasteiger charge is -2.27. The van der Waals surface area contributed by atoms with E-state index in [0.717, 1.165) is 18.4 Å². The number of rotatable bonds is 6. The summed E-state index contributed by atoms with van der Waals surface area (Å²) in [6.07, 6.45) is 7.94. The molecular formula is C12H25NO2S. The van der Waals surface area contributed by atoms with Crippen molar-refractivity contribution < 1.29 is 8.42 Å². The van der Waals surface area contributed by atoms with Crippen LogP contribution in [0.25, 0.3) is 0 Å². The smallest absolute Gasteiger partial charge is 0.148 e. The maximum Gasteiger partial charge on any atom is 0.148 e. The van der Waals surface area contributed by atoms with Gasteiger partial charge in [-0.2, -0.15) is 0 Å². The zero-order valence-corrected chi connectivity index (χ0v) is 11.4. The lowest BCUT2D eigenvalue weighted by atomic mass is 9.81. The molecule has 0 spiro atoms. The second-order valence-corrected chi connectivity index (χ2v) is 7.39. The number of sulfone groups is 1. The molecule has 0 radical (unpaired) electrons. The molecule has 3 nitrogen and oxygen atoms in total. The molecule has 0 saturated heterocycles. The Morgan fingerprint density at radius 2 is 1.69 bits per heavy atom. The molecule has 0 bridgehead atoms. The molecule has 0 amide bonds. The van der Waals surface area contributed by atoms with Crippen LogP contribution in [0.4, 0.5) is 0 Å². The normalized spacial score (nSPS) is 26.9. The second-order valence-electron chi connectivity index (χ2n) is 5.13. The molecule has 1 saturated carbocycles. The van der Waals surface area contributed by atoms with Crippen LogP contribution in [0.1, 0.15) is 39.0 Å². The molecule has 0 aromatic heterocycles. The zero-order valence-electron chi connectivity index (χ0n) is 10.5. The van der Waals surface area contributed by atoms with Crippen molar-refractivity contribution in [1.29, 1.82) is 0 Å². The Morgan fingerprint density at radius 1 is 1.12 bits per heavy atom. The van der Waals surface area contributed by atoms with E-state index in [0.29, 0.717) is 6.54 Å². The summed E-state index contributed by atoms with van der Waals surface area (Å²) < 4.78 is 21.8. The highest BCUT2D eigenvalue weighted by Crippen LogP contribution is 2.29. The third-order valence-corrected chi connectivity index (χ3v) is 4.57. The van der Waals surface area contributed by atoms with E-state index in [2.05, 4.69) is 12.2 Å². The fourth-order valence-corrected chi connectivity index (χ4v) is 2.92. The van der Waals surface area contributed by atoms with Gasteiger partial charge >= 0.3 is 0 Å². The van der Waals surface area contributed by atoms with Crippen molar-refractivity contribution in [3.05, 3.63) is 0 Å². The summed E-state index contributed by atoms with van der Waals surface area (Å²) in [6, 6.07) is 0. The molecule has 96 valence electrons. The molecule has 0 aliphatic heterocycles. The lowest BCUT2D eigenvalue weighted by molar-refractivity contribution is 0.264. The van der Waals surface area contributed by atoms with E-state index in [9.17, 15) is 8.42 Å². The Morgan fingerprint density at radius 3 is 2.19 bits per heavy atom. The number of hydrogen-bond acceptors (Lipinski definition) is 3. The summed E-state index contributed by atoms with van der Waals surface area (Å²) in [5, 5.41) is 3.27. The SMILES string of the molecule is CCC1CCC(CNCCS(C)(=O)=O)CC1. The van der Waals surface area contributed by atoms with E-state index in [1.165, 1.54) is 38.4 Å². The number of nitrogens with one attached hydrogen (secondary N) is 1. The maximum atomic E-state index is 10.9. The summed E-state index contributed by atoms with van der Waals surface area (Å²) in [7, 11) is -2.80. The first-order valence-electron chi connectivity index (χ1n) is 6.39. The van der Waals surface area contributed by atoms with Crippen LogP contribution in [-0.4, -0.2) is 33.5 Å². The fraction of sp³-hybridized carbons (Fsp3) is 1.00. The van der Waals surface area contributed by atoms with Gasteiger partial charge in [0.2, 0.25) is 0 Å². The van der Waals surface area contributed by atoms with Crippen molar-refractivity contribution in [3.63, 3.8) is 0 Å². The van der Waals surface area contributed by atoms with Crippen molar-refractivity contribution in [3.8, 4) is 0 Å². The molecule has 16 heavy (non-hydrogen) atoms. The molecular weight excluding hydrogens is 222 g/mol. The Balaban J connectivity index is 2.07. The van der Waals surface area contributed by atoms with Crippen LogP contribution < -0.4 is 5.32 Å². The number of hydrogen-bond donors (Lipinski definition) is 1. The summed E-state index contributed by atoms with van der Waals surface area (Å²) in [5.74, 6) is 1.96. The maximum absolute atomic E-state index is 10.9. The van der Waals surface area contributed by atoms with Gasteiger partial charge in [-0.3, -0.25) is 0 Å². The molecule has 1 fully saturated rings. The Labute approximate surface area is 99.9 Å². The summed E-state index contributed by atoms with van der Waals surface area (Å²) >= 11 is 0. The van der Waals surface area contributed by atoms with Crippen LogP contribution in [-0.2, 0) is 9.84 Å². The minimum Gasteiger partial charge on any atom is -0.315 e. The molecule has 0 aromatic carbocycles. The van der Waals surface area contributed by atoms with Gasteiger partial charge in [-0.05, 0) is 31.2 Å². The first-order chi connectivity index (χ1) is 7.51. The van der Waals surface area contributed by atoms with Crippen molar-refractivity contribution in [1.82, 2.24) is 5.32 Å². The van der Waals surface area contributed by atoms with E-state index in [1.54, 1.807) is 0 Å². The highest BCUT2D eigenvalue weighted by Gasteiger charge is 2.19. The molecule has 0 heterocycles. The van der Waals surface area contributed by atoms with Gasteiger partial charge in [-0.25, -0.2) is 8.42 Å². The Bertz CT molecular complexity index is 279.